The van der Waals surface area contributed by atoms with E-state index in [0.717, 1.165) is 16.9 Å². The van der Waals surface area contributed by atoms with E-state index in [2.05, 4.69) is 20.4 Å². The highest BCUT2D eigenvalue weighted by atomic mass is 32.1. The topological polar surface area (TPSA) is 43.1 Å². The number of fused-ring (bicyclic) bond motifs is 1. The lowest BCUT2D eigenvalue weighted by Gasteiger charge is -1.99. The van der Waals surface area contributed by atoms with E-state index in [4.69, 9.17) is 0 Å². The number of hydrogen-bond acceptors (Lipinski definition) is 4. The zero-order chi connectivity index (χ0) is 9.38. The Hall–Kier alpha value is -1.75. The summed E-state index contributed by atoms with van der Waals surface area (Å²) in [7, 11) is 0. The Bertz CT molecular complexity index is 555. The van der Waals surface area contributed by atoms with Crippen LogP contribution in [0, 0.1) is 0 Å². The maximum atomic E-state index is 4.14. The van der Waals surface area contributed by atoms with Gasteiger partial charge in [-0.3, -0.25) is 4.98 Å². The summed E-state index contributed by atoms with van der Waals surface area (Å²) in [6.07, 6.45) is 5.03. The average Bonchev–Trinajstić information content (AvgIpc) is 2.88. The van der Waals surface area contributed by atoms with Crippen LogP contribution in [0.25, 0.3) is 16.9 Å². The van der Waals surface area contributed by atoms with Gasteiger partial charge in [-0.15, -0.1) is 0 Å². The van der Waals surface area contributed by atoms with E-state index >= 15 is 0 Å². The smallest absolute Gasteiger partial charge is 0.174 e. The normalized spacial score (nSPS) is 10.9. The second-order valence-corrected chi connectivity index (χ2v) is 3.61. The number of rotatable bonds is 1. The van der Waals surface area contributed by atoms with E-state index in [1.807, 2.05) is 11.4 Å². The van der Waals surface area contributed by atoms with Crippen LogP contribution in [0.3, 0.4) is 0 Å². The molecule has 5 heteroatoms. The van der Waals surface area contributed by atoms with Crippen LogP contribution in [-0.4, -0.2) is 19.6 Å². The van der Waals surface area contributed by atoms with Gasteiger partial charge in [0, 0.05) is 10.9 Å². The maximum Gasteiger partial charge on any atom is 0.174 e. The summed E-state index contributed by atoms with van der Waals surface area (Å²) in [6.45, 7) is 0. The Morgan fingerprint density at radius 3 is 3.14 bits per heavy atom. The monoisotopic (exact) mass is 202 g/mol. The van der Waals surface area contributed by atoms with Gasteiger partial charge < -0.3 is 0 Å². The molecule has 4 nitrogen and oxygen atoms in total. The van der Waals surface area contributed by atoms with Crippen molar-refractivity contribution in [3.8, 4) is 11.3 Å². The number of nitrogens with zero attached hydrogens (tertiary/aromatic N) is 4. The number of hydrogen-bond donors (Lipinski definition) is 0. The van der Waals surface area contributed by atoms with Crippen LogP contribution in [-0.2, 0) is 0 Å². The first-order chi connectivity index (χ1) is 6.95. The molecule has 0 aromatic carbocycles. The lowest BCUT2D eigenvalue weighted by atomic mass is 10.2. The lowest BCUT2D eigenvalue weighted by Crippen LogP contribution is -1.93. The van der Waals surface area contributed by atoms with Gasteiger partial charge in [0.1, 0.15) is 6.33 Å². The van der Waals surface area contributed by atoms with E-state index in [0.29, 0.717) is 0 Å². The van der Waals surface area contributed by atoms with Crippen LogP contribution in [0.15, 0.2) is 35.5 Å². The summed E-state index contributed by atoms with van der Waals surface area (Å²) in [5.41, 5.74) is 2.87. The Labute approximate surface area is 83.9 Å². The molecular weight excluding hydrogens is 196 g/mol. The summed E-state index contributed by atoms with van der Waals surface area (Å²) in [5.74, 6) is 0. The first kappa shape index (κ1) is 7.64. The van der Waals surface area contributed by atoms with Crippen molar-refractivity contribution in [3.05, 3.63) is 35.5 Å². The van der Waals surface area contributed by atoms with E-state index in [-0.39, 0.29) is 0 Å². The van der Waals surface area contributed by atoms with E-state index < -0.39 is 0 Å². The molecule has 0 saturated heterocycles. The van der Waals surface area contributed by atoms with Gasteiger partial charge in [-0.05, 0) is 11.4 Å². The third-order valence-corrected chi connectivity index (χ3v) is 2.69. The molecule has 0 bridgehead atoms. The minimum absolute atomic E-state index is 0.772. The molecule has 68 valence electrons. The van der Waals surface area contributed by atoms with Crippen LogP contribution in [0.5, 0.6) is 0 Å². The number of aromatic nitrogens is 4. The zero-order valence-corrected chi connectivity index (χ0v) is 7.98. The van der Waals surface area contributed by atoms with Gasteiger partial charge >= 0.3 is 0 Å². The molecule has 0 radical (unpaired) electrons. The largest absolute Gasteiger partial charge is 0.259 e. The minimum atomic E-state index is 0.772. The third-order valence-electron chi connectivity index (χ3n) is 2.01. The molecule has 0 saturated carbocycles. The summed E-state index contributed by atoms with van der Waals surface area (Å²) in [5, 5.41) is 8.25. The third kappa shape index (κ3) is 1.03. The predicted octanol–water partition coefficient (Wildman–Crippen LogP) is 1.85. The quantitative estimate of drug-likeness (QED) is 0.604. The molecule has 3 aromatic rings. The van der Waals surface area contributed by atoms with Crippen molar-refractivity contribution in [2.75, 3.05) is 0 Å². The summed E-state index contributed by atoms with van der Waals surface area (Å²) >= 11 is 1.66. The van der Waals surface area contributed by atoms with Crippen molar-refractivity contribution in [2.45, 2.75) is 0 Å². The van der Waals surface area contributed by atoms with Crippen molar-refractivity contribution >= 4 is 17.0 Å². The van der Waals surface area contributed by atoms with Gasteiger partial charge in [0.05, 0.1) is 18.1 Å². The molecule has 14 heavy (non-hydrogen) atoms. The zero-order valence-electron chi connectivity index (χ0n) is 7.16. The maximum absolute atomic E-state index is 4.14. The van der Waals surface area contributed by atoms with E-state index in [9.17, 15) is 0 Å². The molecule has 3 aromatic heterocycles. The van der Waals surface area contributed by atoms with Gasteiger partial charge in [0.2, 0.25) is 0 Å². The van der Waals surface area contributed by atoms with Crippen molar-refractivity contribution < 1.29 is 0 Å². The van der Waals surface area contributed by atoms with Gasteiger partial charge in [0.25, 0.3) is 0 Å². The second kappa shape index (κ2) is 2.88. The molecule has 0 atom stereocenters. The van der Waals surface area contributed by atoms with Crippen LogP contribution in [0.1, 0.15) is 0 Å². The molecule has 0 aliphatic carbocycles. The van der Waals surface area contributed by atoms with Gasteiger partial charge in [0.15, 0.2) is 5.65 Å². The van der Waals surface area contributed by atoms with Gasteiger partial charge in [-0.2, -0.15) is 16.4 Å². The summed E-state index contributed by atoms with van der Waals surface area (Å²) in [4.78, 5) is 8.20. The van der Waals surface area contributed by atoms with Crippen molar-refractivity contribution in [1.82, 2.24) is 19.6 Å². The van der Waals surface area contributed by atoms with Crippen molar-refractivity contribution in [2.24, 2.45) is 0 Å². The van der Waals surface area contributed by atoms with Crippen molar-refractivity contribution in [1.29, 1.82) is 0 Å². The molecule has 0 amide bonds. The Morgan fingerprint density at radius 2 is 2.29 bits per heavy atom. The van der Waals surface area contributed by atoms with Crippen LogP contribution >= 0.6 is 11.3 Å². The highest BCUT2D eigenvalue weighted by molar-refractivity contribution is 7.08. The Morgan fingerprint density at radius 1 is 1.29 bits per heavy atom. The average molecular weight is 202 g/mol. The lowest BCUT2D eigenvalue weighted by molar-refractivity contribution is 0.956. The van der Waals surface area contributed by atoms with Crippen molar-refractivity contribution in [3.63, 3.8) is 0 Å². The molecular formula is C9H6N4S. The van der Waals surface area contributed by atoms with Gasteiger partial charge in [-0.1, -0.05) is 0 Å². The van der Waals surface area contributed by atoms with E-state index in [1.165, 1.54) is 6.33 Å². The fourth-order valence-corrected chi connectivity index (χ4v) is 2.01. The Kier molecular flexibility index (Phi) is 1.57. The fourth-order valence-electron chi connectivity index (χ4n) is 1.36. The molecule has 0 aliphatic rings. The second-order valence-electron chi connectivity index (χ2n) is 2.83. The summed E-state index contributed by atoms with van der Waals surface area (Å²) < 4.78 is 1.79. The van der Waals surface area contributed by atoms with Crippen LogP contribution < -0.4 is 0 Å². The SMILES string of the molecule is c1nc2cncc(-c3ccsc3)n2n1. The molecule has 3 rings (SSSR count). The Balaban J connectivity index is 2.36. The highest BCUT2D eigenvalue weighted by Crippen LogP contribution is 2.20. The van der Waals surface area contributed by atoms with Crippen LogP contribution in [0.4, 0.5) is 0 Å². The molecule has 0 aliphatic heterocycles. The first-order valence-electron chi connectivity index (χ1n) is 4.11. The van der Waals surface area contributed by atoms with Crippen LogP contribution in [0.2, 0.25) is 0 Å². The highest BCUT2D eigenvalue weighted by Gasteiger charge is 2.04. The number of thiophene rings is 1. The molecule has 0 N–H and O–H groups in total. The molecule has 0 spiro atoms. The fraction of sp³-hybridized carbons (Fsp3) is 0. The summed E-state index contributed by atoms with van der Waals surface area (Å²) in [6, 6.07) is 2.04. The predicted molar refractivity (Wildman–Crippen MR) is 54.1 cm³/mol. The minimum Gasteiger partial charge on any atom is -0.259 e. The van der Waals surface area contributed by atoms with E-state index in [1.54, 1.807) is 28.2 Å². The van der Waals surface area contributed by atoms with Gasteiger partial charge in [-0.25, -0.2) is 9.50 Å². The standard InChI is InChI=1S/C9H6N4S/c1-2-14-5-7(1)8-3-10-4-9-11-6-12-13(8)9/h1-6H. The molecule has 0 fully saturated rings. The first-order valence-corrected chi connectivity index (χ1v) is 5.06. The molecule has 3 heterocycles. The molecule has 0 unspecified atom stereocenters.